The average molecular weight is 509 g/mol. The molecular formula is C22H26IN2O2S-. The van der Waals surface area contributed by atoms with Crippen LogP contribution in [0.1, 0.15) is 24.0 Å². The number of sulfone groups is 1. The third kappa shape index (κ3) is 4.44. The van der Waals surface area contributed by atoms with Crippen LogP contribution in [-0.4, -0.2) is 43.3 Å². The van der Waals surface area contributed by atoms with E-state index in [9.17, 15) is 8.42 Å². The van der Waals surface area contributed by atoms with Gasteiger partial charge in [-0.3, -0.25) is 0 Å². The van der Waals surface area contributed by atoms with Gasteiger partial charge in [-0.2, -0.15) is 0 Å². The summed E-state index contributed by atoms with van der Waals surface area (Å²) >= 11 is 0.00204. The Morgan fingerprint density at radius 3 is 2.79 bits per heavy atom. The molecule has 1 N–H and O–H groups in total. The van der Waals surface area contributed by atoms with Crippen LogP contribution in [0.5, 0.6) is 0 Å². The van der Waals surface area contributed by atoms with E-state index >= 15 is 0 Å². The first-order valence-electron chi connectivity index (χ1n) is 9.69. The van der Waals surface area contributed by atoms with Gasteiger partial charge in [0, 0.05) is 0 Å². The van der Waals surface area contributed by atoms with Crippen LogP contribution in [-0.2, 0) is 16.3 Å². The Hall–Kier alpha value is -1.38. The molecule has 0 radical (unpaired) electrons. The minimum absolute atomic E-state index is 0.00204. The number of hydrogen-bond acceptors (Lipinski definition) is 4. The second-order valence-corrected chi connectivity index (χ2v) is 12.3. The van der Waals surface area contributed by atoms with E-state index in [2.05, 4.69) is 39.5 Å². The fourth-order valence-corrected chi connectivity index (χ4v) is 8.07. The first-order valence-corrected chi connectivity index (χ1v) is 13.8. The second-order valence-electron chi connectivity index (χ2n) is 7.43. The number of benzene rings is 2. The van der Waals surface area contributed by atoms with Crippen molar-refractivity contribution < 1.29 is 29.6 Å². The molecule has 0 amide bonds. The number of nitrogens with one attached hydrogen (secondary N) is 1. The monoisotopic (exact) mass is 509 g/mol. The maximum absolute atomic E-state index is 12.6. The zero-order valence-electron chi connectivity index (χ0n) is 16.1. The first kappa shape index (κ1) is 19.9. The van der Waals surface area contributed by atoms with E-state index in [1.54, 1.807) is 24.3 Å². The summed E-state index contributed by atoms with van der Waals surface area (Å²) in [6, 6.07) is 15.1. The molecule has 0 aromatic heterocycles. The Morgan fingerprint density at radius 1 is 1.21 bits per heavy atom. The van der Waals surface area contributed by atoms with Crippen molar-refractivity contribution in [3.8, 4) is 0 Å². The topological polar surface area (TPSA) is 49.4 Å². The van der Waals surface area contributed by atoms with Crippen LogP contribution >= 0.6 is 0 Å². The van der Waals surface area contributed by atoms with Gasteiger partial charge in [-0.25, -0.2) is 0 Å². The van der Waals surface area contributed by atoms with Crippen LogP contribution in [0.2, 0.25) is 0 Å². The van der Waals surface area contributed by atoms with Crippen molar-refractivity contribution in [1.29, 1.82) is 0 Å². The van der Waals surface area contributed by atoms with E-state index in [1.807, 2.05) is 6.07 Å². The van der Waals surface area contributed by atoms with Gasteiger partial charge < -0.3 is 0 Å². The Morgan fingerprint density at radius 2 is 2.04 bits per heavy atom. The van der Waals surface area contributed by atoms with E-state index in [4.69, 9.17) is 0 Å². The number of rotatable bonds is 6. The number of aryl methyl sites for hydroxylation is 1. The number of anilines is 1. The molecule has 6 heteroatoms. The molecular weight excluding hydrogens is 483 g/mol. The summed E-state index contributed by atoms with van der Waals surface area (Å²) in [4.78, 5) is 2.90. The molecule has 1 fully saturated rings. The second kappa shape index (κ2) is 8.55. The minimum atomic E-state index is -3.24. The number of hydrogen-bond donors (Lipinski definition) is 1. The van der Waals surface area contributed by atoms with Crippen molar-refractivity contribution in [2.75, 3.05) is 31.2 Å². The number of halogens is 1. The third-order valence-corrected chi connectivity index (χ3v) is 10.7. The van der Waals surface area contributed by atoms with E-state index in [-0.39, 0.29) is 27.0 Å². The van der Waals surface area contributed by atoms with Crippen molar-refractivity contribution in [1.82, 2.24) is 4.90 Å². The quantitative estimate of drug-likeness (QED) is 0.353. The summed E-state index contributed by atoms with van der Waals surface area (Å²) in [5.74, 6) is 0.141. The van der Waals surface area contributed by atoms with E-state index in [0.29, 0.717) is 11.3 Å². The summed E-state index contributed by atoms with van der Waals surface area (Å²) in [6.07, 6.45) is 3.18. The van der Waals surface area contributed by atoms with Gasteiger partial charge >= 0.3 is 179 Å². The van der Waals surface area contributed by atoms with Crippen LogP contribution in [0, 0.1) is 0 Å². The van der Waals surface area contributed by atoms with Crippen LogP contribution in [0.4, 0.5) is 5.69 Å². The average Bonchev–Trinajstić information content (AvgIpc) is 3.31. The molecule has 150 valence electrons. The molecule has 2 aromatic rings. The Labute approximate surface area is 178 Å². The summed E-state index contributed by atoms with van der Waals surface area (Å²) in [5.41, 5.74) is 4.90. The SMILES string of the molecule is CN1CCC[C@@H]1[I-]/C=C1\CNc2ccc(CCS(=O)(=O)c3ccccc3)cc21. The molecule has 1 saturated heterocycles. The summed E-state index contributed by atoms with van der Waals surface area (Å²) in [7, 11) is -1.01. The number of likely N-dealkylation sites (tertiary alicyclic amines) is 1. The molecule has 0 unspecified atom stereocenters. The van der Waals surface area contributed by atoms with E-state index < -0.39 is 9.84 Å². The Balaban J connectivity index is 1.46. The Kier molecular flexibility index (Phi) is 6.08. The molecule has 4 nitrogen and oxygen atoms in total. The van der Waals surface area contributed by atoms with E-state index in [0.717, 1.165) is 16.2 Å². The summed E-state index contributed by atoms with van der Waals surface area (Å²) in [6.45, 7) is 2.11. The van der Waals surface area contributed by atoms with Crippen molar-refractivity contribution >= 4 is 21.1 Å². The predicted octanol–water partition coefficient (Wildman–Crippen LogP) is 0.610. The normalized spacial score (nSPS) is 21.2. The van der Waals surface area contributed by atoms with Crippen LogP contribution in [0.15, 0.2) is 57.5 Å². The molecule has 0 spiro atoms. The van der Waals surface area contributed by atoms with Crippen molar-refractivity contribution in [2.45, 2.75) is 28.2 Å². The molecule has 2 aliphatic rings. The molecule has 1 atom stereocenters. The molecule has 2 heterocycles. The van der Waals surface area contributed by atoms with Gasteiger partial charge in [0.25, 0.3) is 0 Å². The number of nitrogens with zero attached hydrogens (tertiary/aromatic N) is 1. The van der Waals surface area contributed by atoms with Crippen LogP contribution in [0.3, 0.4) is 0 Å². The van der Waals surface area contributed by atoms with Gasteiger partial charge in [-0.1, -0.05) is 0 Å². The number of alkyl halides is 1. The van der Waals surface area contributed by atoms with Gasteiger partial charge in [0.05, 0.1) is 0 Å². The number of fused-ring (bicyclic) bond motifs is 1. The predicted molar refractivity (Wildman–Crippen MR) is 111 cm³/mol. The fourth-order valence-electron chi connectivity index (χ4n) is 3.73. The molecule has 2 aromatic carbocycles. The van der Waals surface area contributed by atoms with Crippen LogP contribution in [0.25, 0.3) is 5.57 Å². The van der Waals surface area contributed by atoms with Crippen molar-refractivity contribution in [2.24, 2.45) is 0 Å². The molecule has 0 saturated carbocycles. The van der Waals surface area contributed by atoms with Gasteiger partial charge in [-0.05, 0) is 0 Å². The zero-order valence-corrected chi connectivity index (χ0v) is 19.0. The molecule has 4 rings (SSSR count). The summed E-state index contributed by atoms with van der Waals surface area (Å²) in [5, 5.41) is 3.48. The Bertz CT molecular complexity index is 973. The standard InChI is InChI=1S/C22H26IN2O2S/c1-25-12-5-8-22(25)23-15-18-16-24-21-10-9-17(14-20(18)21)11-13-28(26,27)19-6-3-2-4-7-19/h2-4,6-7,9-10,14-15,22,24H,5,8,11-13,16H2,1H3/q-1/b18-15+/t22-/m1/s1. The maximum atomic E-state index is 12.6. The molecule has 0 aliphatic carbocycles. The zero-order chi connectivity index (χ0) is 19.6. The van der Waals surface area contributed by atoms with Crippen LogP contribution < -0.4 is 26.5 Å². The van der Waals surface area contributed by atoms with Crippen molar-refractivity contribution in [3.63, 3.8) is 0 Å². The molecule has 0 bridgehead atoms. The summed E-state index contributed by atoms with van der Waals surface area (Å²) < 4.78 is 28.4. The van der Waals surface area contributed by atoms with Crippen molar-refractivity contribution in [3.05, 3.63) is 63.7 Å². The van der Waals surface area contributed by atoms with Gasteiger partial charge in [0.15, 0.2) is 0 Å². The fraction of sp³-hybridized carbons (Fsp3) is 0.364. The third-order valence-electron chi connectivity index (χ3n) is 5.43. The molecule has 28 heavy (non-hydrogen) atoms. The van der Waals surface area contributed by atoms with Gasteiger partial charge in [0.1, 0.15) is 0 Å². The first-order chi connectivity index (χ1) is 13.5. The van der Waals surface area contributed by atoms with Gasteiger partial charge in [0.2, 0.25) is 0 Å². The van der Waals surface area contributed by atoms with E-state index in [1.165, 1.54) is 36.2 Å². The van der Waals surface area contributed by atoms with Gasteiger partial charge in [-0.15, -0.1) is 0 Å². The molecule has 2 aliphatic heterocycles.